The highest BCUT2D eigenvalue weighted by molar-refractivity contribution is 5.79. The fourth-order valence-electron chi connectivity index (χ4n) is 5.89. The van der Waals surface area contributed by atoms with Crippen molar-refractivity contribution >= 4 is 6.09 Å². The van der Waals surface area contributed by atoms with Crippen molar-refractivity contribution in [3.05, 3.63) is 107 Å². The van der Waals surface area contributed by atoms with Crippen LogP contribution in [0, 0.1) is 5.82 Å². The van der Waals surface area contributed by atoms with Crippen LogP contribution < -0.4 is 0 Å². The van der Waals surface area contributed by atoms with E-state index in [1.807, 2.05) is 29.2 Å². The van der Waals surface area contributed by atoms with E-state index in [-0.39, 0.29) is 29.9 Å². The van der Waals surface area contributed by atoms with Gasteiger partial charge in [0.1, 0.15) is 12.4 Å². The van der Waals surface area contributed by atoms with Crippen LogP contribution in [0.25, 0.3) is 11.1 Å². The Balaban J connectivity index is 1.17. The van der Waals surface area contributed by atoms with Crippen molar-refractivity contribution in [3.8, 4) is 11.1 Å². The first-order valence-electron chi connectivity index (χ1n) is 11.8. The lowest BCUT2D eigenvalue weighted by atomic mass is 9.95. The van der Waals surface area contributed by atoms with E-state index in [9.17, 15) is 9.18 Å². The first-order chi connectivity index (χ1) is 16.2. The molecule has 4 heteroatoms. The lowest BCUT2D eigenvalue weighted by molar-refractivity contribution is 0.0849. The van der Waals surface area contributed by atoms with Gasteiger partial charge in [-0.25, -0.2) is 9.18 Å². The summed E-state index contributed by atoms with van der Waals surface area (Å²) in [6.07, 6.45) is 5.23. The molecule has 33 heavy (non-hydrogen) atoms. The van der Waals surface area contributed by atoms with E-state index >= 15 is 0 Å². The second-order valence-corrected chi connectivity index (χ2v) is 9.31. The predicted molar refractivity (Wildman–Crippen MR) is 127 cm³/mol. The molecule has 2 atom stereocenters. The summed E-state index contributed by atoms with van der Waals surface area (Å²) in [5.74, 6) is -0.0966. The Morgan fingerprint density at radius 2 is 1.58 bits per heavy atom. The number of rotatable bonds is 4. The SMILES string of the molecule is O=C(OCC1c2ccccc2-c2ccccc21)N1C2C=C(Cc3ccccc3F)CC1CC2. The van der Waals surface area contributed by atoms with Crippen molar-refractivity contribution in [1.29, 1.82) is 0 Å². The Kier molecular flexibility index (Phi) is 5.01. The van der Waals surface area contributed by atoms with E-state index in [1.165, 1.54) is 33.9 Å². The maximum absolute atomic E-state index is 14.1. The molecule has 166 valence electrons. The zero-order valence-electron chi connectivity index (χ0n) is 18.4. The minimum Gasteiger partial charge on any atom is -0.448 e. The molecule has 0 spiro atoms. The lowest BCUT2D eigenvalue weighted by Gasteiger charge is -2.33. The van der Waals surface area contributed by atoms with Gasteiger partial charge in [0.05, 0.1) is 6.04 Å². The number of nitrogens with zero attached hydrogens (tertiary/aromatic N) is 1. The molecule has 1 fully saturated rings. The van der Waals surface area contributed by atoms with Gasteiger partial charge in [-0.05, 0) is 59.6 Å². The summed E-state index contributed by atoms with van der Waals surface area (Å²) in [5, 5.41) is 0. The number of halogens is 1. The standard InChI is InChI=1S/C29H26FNO2/c30-28-12-6-1-7-20(28)15-19-16-21-13-14-22(17-19)31(21)29(32)33-18-27-25-10-4-2-8-23(25)24-9-3-5-11-26(24)27/h1-12,16,21-22,27H,13-15,17-18H2. The quantitative estimate of drug-likeness (QED) is 0.436. The zero-order valence-corrected chi connectivity index (χ0v) is 18.4. The van der Waals surface area contributed by atoms with E-state index in [1.54, 1.807) is 6.07 Å². The van der Waals surface area contributed by atoms with Crippen molar-refractivity contribution in [1.82, 2.24) is 4.90 Å². The first kappa shape index (κ1) is 20.2. The van der Waals surface area contributed by atoms with Crippen molar-refractivity contribution in [2.75, 3.05) is 6.61 Å². The first-order valence-corrected chi connectivity index (χ1v) is 11.8. The molecule has 6 rings (SSSR count). The molecule has 0 radical (unpaired) electrons. The highest BCUT2D eigenvalue weighted by atomic mass is 19.1. The molecule has 2 aliphatic heterocycles. The number of carbonyl (C=O) groups excluding carboxylic acids is 1. The highest BCUT2D eigenvalue weighted by Crippen LogP contribution is 2.45. The van der Waals surface area contributed by atoms with Crippen molar-refractivity contribution in [2.45, 2.75) is 43.7 Å². The number of hydrogen-bond acceptors (Lipinski definition) is 2. The molecule has 3 aromatic carbocycles. The summed E-state index contributed by atoms with van der Waals surface area (Å²) in [6.45, 7) is 0.342. The normalized spacial score (nSPS) is 20.9. The molecule has 2 heterocycles. The highest BCUT2D eigenvalue weighted by Gasteiger charge is 2.41. The van der Waals surface area contributed by atoms with E-state index in [4.69, 9.17) is 4.74 Å². The molecule has 1 aliphatic carbocycles. The second kappa shape index (κ2) is 8.18. The van der Waals surface area contributed by atoms with Crippen LogP contribution in [0.4, 0.5) is 9.18 Å². The topological polar surface area (TPSA) is 29.5 Å². The molecule has 0 N–H and O–H groups in total. The Morgan fingerprint density at radius 1 is 0.909 bits per heavy atom. The summed E-state index contributed by atoms with van der Waals surface area (Å²) in [6, 6.07) is 23.9. The van der Waals surface area contributed by atoms with Crippen molar-refractivity contribution < 1.29 is 13.9 Å². The van der Waals surface area contributed by atoms with Gasteiger partial charge in [0.25, 0.3) is 0 Å². The summed E-state index contributed by atoms with van der Waals surface area (Å²) in [5.41, 5.74) is 6.84. The van der Waals surface area contributed by atoms with Gasteiger partial charge in [0, 0.05) is 12.0 Å². The van der Waals surface area contributed by atoms with Crippen molar-refractivity contribution in [2.24, 2.45) is 0 Å². The second-order valence-electron chi connectivity index (χ2n) is 9.31. The largest absolute Gasteiger partial charge is 0.448 e. The van der Waals surface area contributed by atoms with Crippen LogP contribution in [-0.2, 0) is 11.2 Å². The number of ether oxygens (including phenoxy) is 1. The van der Waals surface area contributed by atoms with Crippen LogP contribution in [0.5, 0.6) is 0 Å². The molecule has 3 aliphatic rings. The van der Waals surface area contributed by atoms with Gasteiger partial charge in [-0.3, -0.25) is 4.90 Å². The van der Waals surface area contributed by atoms with Gasteiger partial charge in [-0.15, -0.1) is 0 Å². The molecule has 3 aromatic rings. The Bertz CT molecular complexity index is 1200. The molecular formula is C29H26FNO2. The van der Waals surface area contributed by atoms with Gasteiger partial charge in [0.2, 0.25) is 0 Å². The van der Waals surface area contributed by atoms with Crippen LogP contribution in [0.1, 0.15) is 41.9 Å². The summed E-state index contributed by atoms with van der Waals surface area (Å²) in [4.78, 5) is 15.1. The van der Waals surface area contributed by atoms with Crippen LogP contribution >= 0.6 is 0 Å². The molecule has 1 amide bonds. The van der Waals surface area contributed by atoms with Gasteiger partial charge >= 0.3 is 6.09 Å². The zero-order chi connectivity index (χ0) is 22.4. The predicted octanol–water partition coefficient (Wildman–Crippen LogP) is 6.48. The average Bonchev–Trinajstić information content (AvgIpc) is 3.30. The Labute approximate surface area is 193 Å². The molecular weight excluding hydrogens is 413 g/mol. The molecule has 2 bridgehead atoms. The Morgan fingerprint density at radius 3 is 2.27 bits per heavy atom. The van der Waals surface area contributed by atoms with Crippen LogP contribution in [0.3, 0.4) is 0 Å². The van der Waals surface area contributed by atoms with Crippen LogP contribution in [0.15, 0.2) is 84.4 Å². The van der Waals surface area contributed by atoms with Gasteiger partial charge < -0.3 is 4.74 Å². The van der Waals surface area contributed by atoms with E-state index in [0.717, 1.165) is 24.8 Å². The fraction of sp³-hybridized carbons (Fsp3) is 0.276. The number of hydrogen-bond donors (Lipinski definition) is 0. The number of amides is 1. The monoisotopic (exact) mass is 439 g/mol. The van der Waals surface area contributed by atoms with Gasteiger partial charge in [-0.1, -0.05) is 78.4 Å². The van der Waals surface area contributed by atoms with Gasteiger partial charge in [-0.2, -0.15) is 0 Å². The van der Waals surface area contributed by atoms with Crippen molar-refractivity contribution in [3.63, 3.8) is 0 Å². The molecule has 0 aromatic heterocycles. The van der Waals surface area contributed by atoms with E-state index < -0.39 is 0 Å². The third kappa shape index (κ3) is 3.54. The van der Waals surface area contributed by atoms with Gasteiger partial charge in [0.15, 0.2) is 0 Å². The minimum absolute atomic E-state index is 0.0428. The Hall–Kier alpha value is -3.40. The van der Waals surface area contributed by atoms with Crippen LogP contribution in [0.2, 0.25) is 0 Å². The summed E-state index contributed by atoms with van der Waals surface area (Å²) < 4.78 is 20.0. The fourth-order valence-corrected chi connectivity index (χ4v) is 5.89. The summed E-state index contributed by atoms with van der Waals surface area (Å²) in [7, 11) is 0. The van der Waals surface area contributed by atoms with E-state index in [0.29, 0.717) is 13.0 Å². The summed E-state index contributed by atoms with van der Waals surface area (Å²) >= 11 is 0. The molecule has 2 unspecified atom stereocenters. The average molecular weight is 440 g/mol. The maximum atomic E-state index is 14.1. The molecule has 0 saturated carbocycles. The number of carbonyl (C=O) groups is 1. The lowest BCUT2D eigenvalue weighted by Crippen LogP contribution is -2.44. The smallest absolute Gasteiger partial charge is 0.410 e. The van der Waals surface area contributed by atoms with Crippen LogP contribution in [-0.4, -0.2) is 29.7 Å². The number of fused-ring (bicyclic) bond motifs is 5. The third-order valence-corrected chi connectivity index (χ3v) is 7.39. The maximum Gasteiger partial charge on any atom is 0.410 e. The molecule has 1 saturated heterocycles. The minimum atomic E-state index is -0.231. The number of benzene rings is 3. The molecule has 3 nitrogen and oxygen atoms in total. The van der Waals surface area contributed by atoms with E-state index in [2.05, 4.69) is 42.5 Å². The third-order valence-electron chi connectivity index (χ3n) is 7.39.